The second-order valence-electron chi connectivity index (χ2n) is 8.14. The molecule has 1 N–H and O–H groups in total. The first-order valence-corrected chi connectivity index (χ1v) is 11.5. The normalized spacial score (nSPS) is 30.3. The van der Waals surface area contributed by atoms with E-state index < -0.39 is 9.84 Å². The van der Waals surface area contributed by atoms with Gasteiger partial charge in [-0.05, 0) is 43.4 Å². The summed E-state index contributed by atoms with van der Waals surface area (Å²) in [6.07, 6.45) is 11.7. The first kappa shape index (κ1) is 18.0. The lowest BCUT2D eigenvalue weighted by molar-refractivity contribution is 0.115. The average Bonchev–Trinajstić information content (AvgIpc) is 2.76. The van der Waals surface area contributed by atoms with Gasteiger partial charge in [-0.25, -0.2) is 8.42 Å². The van der Waals surface area contributed by atoms with E-state index in [1.165, 1.54) is 51.4 Å². The zero-order chi connectivity index (χ0) is 17.0. The van der Waals surface area contributed by atoms with Crippen molar-refractivity contribution in [1.29, 1.82) is 0 Å². The number of aliphatic imine (C=N–C) groups is 1. The molecule has 0 aromatic carbocycles. The molecule has 0 amide bonds. The molecule has 2 heterocycles. The van der Waals surface area contributed by atoms with Crippen LogP contribution in [0.1, 0.15) is 57.8 Å². The fourth-order valence-electron chi connectivity index (χ4n) is 4.88. The molecular formula is C18H33N3O2S. The van der Waals surface area contributed by atoms with Gasteiger partial charge in [0.05, 0.1) is 11.5 Å². The molecule has 2 saturated heterocycles. The molecule has 1 atom stereocenters. The molecule has 0 aromatic heterocycles. The Morgan fingerprint density at radius 1 is 1.17 bits per heavy atom. The van der Waals surface area contributed by atoms with Crippen molar-refractivity contribution in [3.8, 4) is 0 Å². The SMILES string of the molecule is CN=C(NCC1CCS(=O)(=O)C1)N1CCCC2(CCCCCC2)C1. The van der Waals surface area contributed by atoms with Gasteiger partial charge in [-0.1, -0.05) is 25.7 Å². The third-order valence-corrected chi connectivity index (χ3v) is 8.05. The quantitative estimate of drug-likeness (QED) is 0.610. The van der Waals surface area contributed by atoms with Crippen molar-refractivity contribution in [2.45, 2.75) is 57.8 Å². The number of piperidine rings is 1. The van der Waals surface area contributed by atoms with E-state index in [1.54, 1.807) is 0 Å². The van der Waals surface area contributed by atoms with Gasteiger partial charge in [0.1, 0.15) is 0 Å². The summed E-state index contributed by atoms with van der Waals surface area (Å²) in [7, 11) is -0.945. The van der Waals surface area contributed by atoms with Crippen LogP contribution < -0.4 is 5.32 Å². The van der Waals surface area contributed by atoms with Gasteiger partial charge in [-0.2, -0.15) is 0 Å². The van der Waals surface area contributed by atoms with Crippen LogP contribution in [0.4, 0.5) is 0 Å². The van der Waals surface area contributed by atoms with Crippen LogP contribution in [0.2, 0.25) is 0 Å². The molecule has 1 unspecified atom stereocenters. The summed E-state index contributed by atoms with van der Waals surface area (Å²) in [5.41, 5.74) is 0.489. The molecule has 3 aliphatic rings. The number of nitrogens with zero attached hydrogens (tertiary/aromatic N) is 2. The molecule has 2 aliphatic heterocycles. The maximum atomic E-state index is 11.6. The Labute approximate surface area is 147 Å². The molecule has 1 aliphatic carbocycles. The van der Waals surface area contributed by atoms with Crippen molar-refractivity contribution in [2.24, 2.45) is 16.3 Å². The smallest absolute Gasteiger partial charge is 0.193 e. The Morgan fingerprint density at radius 2 is 1.88 bits per heavy atom. The first-order valence-electron chi connectivity index (χ1n) is 9.68. The Balaban J connectivity index is 1.57. The van der Waals surface area contributed by atoms with Crippen molar-refractivity contribution in [3.05, 3.63) is 0 Å². The second-order valence-corrected chi connectivity index (χ2v) is 10.4. The molecule has 24 heavy (non-hydrogen) atoms. The van der Waals surface area contributed by atoms with E-state index in [9.17, 15) is 8.42 Å². The van der Waals surface area contributed by atoms with Crippen molar-refractivity contribution < 1.29 is 8.42 Å². The van der Waals surface area contributed by atoms with Gasteiger partial charge in [-0.15, -0.1) is 0 Å². The predicted molar refractivity (Wildman–Crippen MR) is 99.1 cm³/mol. The molecule has 1 spiro atoms. The van der Waals surface area contributed by atoms with Crippen molar-refractivity contribution >= 4 is 15.8 Å². The van der Waals surface area contributed by atoms with Gasteiger partial charge in [0.15, 0.2) is 15.8 Å². The zero-order valence-electron chi connectivity index (χ0n) is 15.1. The van der Waals surface area contributed by atoms with E-state index in [-0.39, 0.29) is 5.92 Å². The van der Waals surface area contributed by atoms with Crippen molar-refractivity contribution in [1.82, 2.24) is 10.2 Å². The van der Waals surface area contributed by atoms with E-state index in [4.69, 9.17) is 0 Å². The monoisotopic (exact) mass is 355 g/mol. The number of sulfone groups is 1. The number of rotatable bonds is 2. The molecule has 6 heteroatoms. The highest BCUT2D eigenvalue weighted by atomic mass is 32.2. The number of nitrogens with one attached hydrogen (secondary N) is 1. The molecular weight excluding hydrogens is 322 g/mol. The fourth-order valence-corrected chi connectivity index (χ4v) is 6.74. The molecule has 0 aromatic rings. The number of likely N-dealkylation sites (tertiary alicyclic amines) is 1. The molecule has 0 bridgehead atoms. The topological polar surface area (TPSA) is 61.8 Å². The Hall–Kier alpha value is -0.780. The lowest BCUT2D eigenvalue weighted by Gasteiger charge is -2.44. The molecule has 138 valence electrons. The summed E-state index contributed by atoms with van der Waals surface area (Å²) < 4.78 is 23.2. The Morgan fingerprint density at radius 3 is 2.50 bits per heavy atom. The van der Waals surface area contributed by atoms with Gasteiger partial charge in [0, 0.05) is 26.7 Å². The van der Waals surface area contributed by atoms with E-state index in [1.807, 2.05) is 7.05 Å². The maximum absolute atomic E-state index is 11.6. The second kappa shape index (κ2) is 7.63. The minimum Gasteiger partial charge on any atom is -0.356 e. The van der Waals surface area contributed by atoms with E-state index in [0.717, 1.165) is 32.0 Å². The van der Waals surface area contributed by atoms with Crippen LogP contribution >= 0.6 is 0 Å². The van der Waals surface area contributed by atoms with Crippen LogP contribution in [0.25, 0.3) is 0 Å². The van der Waals surface area contributed by atoms with Gasteiger partial charge < -0.3 is 10.2 Å². The van der Waals surface area contributed by atoms with Crippen LogP contribution in [0.3, 0.4) is 0 Å². The van der Waals surface area contributed by atoms with E-state index in [0.29, 0.717) is 16.9 Å². The highest BCUT2D eigenvalue weighted by molar-refractivity contribution is 7.91. The molecule has 3 fully saturated rings. The van der Waals surface area contributed by atoms with Gasteiger partial charge in [0.2, 0.25) is 0 Å². The molecule has 0 radical (unpaired) electrons. The zero-order valence-corrected chi connectivity index (χ0v) is 15.9. The number of hydrogen-bond donors (Lipinski definition) is 1. The van der Waals surface area contributed by atoms with Crippen LogP contribution in [0.15, 0.2) is 4.99 Å². The fraction of sp³-hybridized carbons (Fsp3) is 0.944. The maximum Gasteiger partial charge on any atom is 0.193 e. The minimum absolute atomic E-state index is 0.239. The van der Waals surface area contributed by atoms with E-state index >= 15 is 0 Å². The van der Waals surface area contributed by atoms with Crippen molar-refractivity contribution in [2.75, 3.05) is 38.2 Å². The number of guanidine groups is 1. The third-order valence-electron chi connectivity index (χ3n) is 6.21. The van der Waals surface area contributed by atoms with Crippen LogP contribution in [0.5, 0.6) is 0 Å². The summed E-state index contributed by atoms with van der Waals surface area (Å²) in [5, 5.41) is 3.47. The molecule has 3 rings (SSSR count). The van der Waals surface area contributed by atoms with Crippen LogP contribution in [-0.2, 0) is 9.84 Å². The minimum atomic E-state index is -2.79. The van der Waals surface area contributed by atoms with Crippen molar-refractivity contribution in [3.63, 3.8) is 0 Å². The summed E-state index contributed by atoms with van der Waals surface area (Å²) in [6, 6.07) is 0. The highest BCUT2D eigenvalue weighted by Gasteiger charge is 2.37. The average molecular weight is 356 g/mol. The summed E-state index contributed by atoms with van der Waals surface area (Å²) in [4.78, 5) is 6.92. The standard InChI is InChI=1S/C18H33N3O2S/c1-19-17(20-13-16-7-12-24(22,23)14-16)21-11-6-10-18(15-21)8-4-2-3-5-9-18/h16H,2-15H2,1H3,(H,19,20). The van der Waals surface area contributed by atoms with Crippen LogP contribution in [-0.4, -0.2) is 57.5 Å². The van der Waals surface area contributed by atoms with Gasteiger partial charge in [0.25, 0.3) is 0 Å². The number of hydrogen-bond acceptors (Lipinski definition) is 3. The van der Waals surface area contributed by atoms with Gasteiger partial charge >= 0.3 is 0 Å². The van der Waals surface area contributed by atoms with Gasteiger partial charge in [-0.3, -0.25) is 4.99 Å². The predicted octanol–water partition coefficient (Wildman–Crippen LogP) is 2.43. The Bertz CT molecular complexity index is 551. The summed E-state index contributed by atoms with van der Waals surface area (Å²) in [5.74, 6) is 1.90. The van der Waals surface area contributed by atoms with Crippen LogP contribution in [0, 0.1) is 11.3 Å². The third kappa shape index (κ3) is 4.44. The lowest BCUT2D eigenvalue weighted by Crippen LogP contribution is -2.51. The summed E-state index contributed by atoms with van der Waals surface area (Å²) >= 11 is 0. The Kier molecular flexibility index (Phi) is 5.73. The molecule has 5 nitrogen and oxygen atoms in total. The summed E-state index contributed by atoms with van der Waals surface area (Å²) in [6.45, 7) is 2.93. The lowest BCUT2D eigenvalue weighted by atomic mass is 9.74. The first-order chi connectivity index (χ1) is 11.5. The van der Waals surface area contributed by atoms with E-state index in [2.05, 4.69) is 15.2 Å². The highest BCUT2D eigenvalue weighted by Crippen LogP contribution is 2.42. The molecule has 1 saturated carbocycles. The largest absolute Gasteiger partial charge is 0.356 e.